The molecule has 2 N–H and O–H groups in total. The van der Waals surface area contributed by atoms with Crippen LogP contribution in [0.3, 0.4) is 0 Å². The number of carbonyl (C=O) groups excluding carboxylic acids is 1. The van der Waals surface area contributed by atoms with E-state index in [-0.39, 0.29) is 6.03 Å². The summed E-state index contributed by atoms with van der Waals surface area (Å²) in [5.41, 5.74) is 1.87. The molecule has 1 aromatic carbocycles. The summed E-state index contributed by atoms with van der Waals surface area (Å²) in [4.78, 5) is 18.2. The Hall–Kier alpha value is -1.63. The van der Waals surface area contributed by atoms with E-state index in [0.717, 1.165) is 37.4 Å². The third-order valence-corrected chi connectivity index (χ3v) is 4.17. The molecule has 1 aliphatic rings. The molecule has 0 spiro atoms. The summed E-state index contributed by atoms with van der Waals surface area (Å²) >= 11 is 0. The van der Waals surface area contributed by atoms with Gasteiger partial charge in [-0.05, 0) is 31.7 Å². The Morgan fingerprint density at radius 2 is 2.04 bits per heavy atom. The van der Waals surface area contributed by atoms with E-state index in [2.05, 4.69) is 22.2 Å². The van der Waals surface area contributed by atoms with Gasteiger partial charge in [0.2, 0.25) is 0 Å². The second-order valence-corrected chi connectivity index (χ2v) is 6.44. The van der Waals surface area contributed by atoms with Crippen molar-refractivity contribution in [2.75, 3.05) is 58.7 Å². The van der Waals surface area contributed by atoms with E-state index in [9.17, 15) is 9.90 Å². The number of piperazine rings is 1. The number of hydrogen-bond donors (Lipinski definition) is 2. The molecule has 1 aliphatic heterocycles. The molecule has 2 rings (SSSR count). The molecule has 0 bridgehead atoms. The van der Waals surface area contributed by atoms with Crippen molar-refractivity contribution < 1.29 is 9.90 Å². The molecule has 1 saturated heterocycles. The number of nitrogens with one attached hydrogen (secondary N) is 1. The number of nitrogens with zero attached hydrogens (tertiary/aromatic N) is 3. The van der Waals surface area contributed by atoms with Gasteiger partial charge in [0.25, 0.3) is 0 Å². The highest BCUT2D eigenvalue weighted by Crippen LogP contribution is 2.10. The number of carbonyl (C=O) groups is 1. The zero-order valence-electron chi connectivity index (χ0n) is 14.3. The van der Waals surface area contributed by atoms with Crippen LogP contribution in [0, 0.1) is 6.92 Å². The monoisotopic (exact) mass is 320 g/mol. The molecule has 6 heteroatoms. The lowest BCUT2D eigenvalue weighted by atomic mass is 10.2. The first-order chi connectivity index (χ1) is 10.9. The summed E-state index contributed by atoms with van der Waals surface area (Å²) in [6.07, 6.45) is -0.535. The quantitative estimate of drug-likeness (QED) is 0.852. The first-order valence-corrected chi connectivity index (χ1v) is 8.12. The van der Waals surface area contributed by atoms with E-state index in [1.165, 1.54) is 4.90 Å². The van der Waals surface area contributed by atoms with Crippen molar-refractivity contribution >= 4 is 11.7 Å². The van der Waals surface area contributed by atoms with Crippen molar-refractivity contribution in [2.24, 2.45) is 0 Å². The van der Waals surface area contributed by atoms with E-state index >= 15 is 0 Å². The number of amides is 2. The van der Waals surface area contributed by atoms with Gasteiger partial charge in [-0.1, -0.05) is 12.1 Å². The summed E-state index contributed by atoms with van der Waals surface area (Å²) in [7, 11) is 3.81. The summed E-state index contributed by atoms with van der Waals surface area (Å²) in [5.74, 6) is 0. The number of aliphatic hydroxyl groups is 1. The lowest BCUT2D eigenvalue weighted by Crippen LogP contribution is -2.49. The number of benzene rings is 1. The van der Waals surface area contributed by atoms with Crippen LogP contribution < -0.4 is 5.32 Å². The third kappa shape index (κ3) is 5.82. The van der Waals surface area contributed by atoms with Crippen LogP contribution in [0.25, 0.3) is 0 Å². The normalized spacial score (nSPS) is 17.7. The Morgan fingerprint density at radius 1 is 1.35 bits per heavy atom. The minimum Gasteiger partial charge on any atom is -0.390 e. The Morgan fingerprint density at radius 3 is 2.70 bits per heavy atom. The van der Waals surface area contributed by atoms with Crippen molar-refractivity contribution in [3.8, 4) is 0 Å². The van der Waals surface area contributed by atoms with Crippen LogP contribution in [0.2, 0.25) is 0 Å². The SMILES string of the molecule is Cc1cccc(NC(=O)N(C)CC(O)CN2CCN(C)CC2)c1. The Bertz CT molecular complexity index is 515. The van der Waals surface area contributed by atoms with Crippen LogP contribution in [0.4, 0.5) is 10.5 Å². The highest BCUT2D eigenvalue weighted by molar-refractivity contribution is 5.89. The first-order valence-electron chi connectivity index (χ1n) is 8.12. The van der Waals surface area contributed by atoms with E-state index in [1.54, 1.807) is 7.05 Å². The van der Waals surface area contributed by atoms with Crippen LogP contribution in [0.5, 0.6) is 0 Å². The maximum absolute atomic E-state index is 12.2. The molecule has 128 valence electrons. The van der Waals surface area contributed by atoms with E-state index in [4.69, 9.17) is 0 Å². The maximum atomic E-state index is 12.2. The number of urea groups is 1. The van der Waals surface area contributed by atoms with Gasteiger partial charge >= 0.3 is 6.03 Å². The minimum absolute atomic E-state index is 0.201. The molecule has 6 nitrogen and oxygen atoms in total. The average Bonchev–Trinajstić information content (AvgIpc) is 2.49. The van der Waals surface area contributed by atoms with E-state index in [1.807, 2.05) is 31.2 Å². The maximum Gasteiger partial charge on any atom is 0.321 e. The van der Waals surface area contributed by atoms with Crippen molar-refractivity contribution in [3.05, 3.63) is 29.8 Å². The van der Waals surface area contributed by atoms with Gasteiger partial charge in [0, 0.05) is 52.0 Å². The van der Waals surface area contributed by atoms with E-state index in [0.29, 0.717) is 13.1 Å². The molecule has 1 atom stereocenters. The van der Waals surface area contributed by atoms with Crippen molar-refractivity contribution in [3.63, 3.8) is 0 Å². The summed E-state index contributed by atoms with van der Waals surface area (Å²) in [6.45, 7) is 6.89. The fraction of sp³-hybridized carbons (Fsp3) is 0.588. The smallest absolute Gasteiger partial charge is 0.321 e. The second kappa shape index (κ2) is 8.29. The Balaban J connectivity index is 1.76. The predicted molar refractivity (Wildman–Crippen MR) is 92.8 cm³/mol. The van der Waals surface area contributed by atoms with E-state index < -0.39 is 6.10 Å². The molecular formula is C17H28N4O2. The second-order valence-electron chi connectivity index (χ2n) is 6.44. The molecular weight excluding hydrogens is 292 g/mol. The van der Waals surface area contributed by atoms with Gasteiger partial charge in [0.05, 0.1) is 6.10 Å². The molecule has 1 fully saturated rings. The fourth-order valence-electron chi connectivity index (χ4n) is 2.73. The minimum atomic E-state index is -0.535. The number of aryl methyl sites for hydroxylation is 1. The molecule has 1 heterocycles. The molecule has 2 amide bonds. The van der Waals surface area contributed by atoms with Gasteiger partial charge in [-0.25, -0.2) is 4.79 Å². The number of β-amino-alcohol motifs (C(OH)–C–C–N with tert-alkyl or cyclic N) is 1. The number of likely N-dealkylation sites (N-methyl/N-ethyl adjacent to an activating group) is 2. The fourth-order valence-corrected chi connectivity index (χ4v) is 2.73. The van der Waals surface area contributed by atoms with Gasteiger partial charge < -0.3 is 20.2 Å². The highest BCUT2D eigenvalue weighted by atomic mass is 16.3. The van der Waals surface area contributed by atoms with Crippen molar-refractivity contribution in [2.45, 2.75) is 13.0 Å². The molecule has 0 radical (unpaired) electrons. The molecule has 1 aromatic rings. The van der Waals surface area contributed by atoms with Crippen molar-refractivity contribution in [1.82, 2.24) is 14.7 Å². The van der Waals surface area contributed by atoms with Gasteiger partial charge in [0.15, 0.2) is 0 Å². The molecule has 0 saturated carbocycles. The average molecular weight is 320 g/mol. The van der Waals surface area contributed by atoms with Crippen LogP contribution in [0.15, 0.2) is 24.3 Å². The van der Waals surface area contributed by atoms with Crippen LogP contribution in [-0.2, 0) is 0 Å². The number of aliphatic hydroxyl groups excluding tert-OH is 1. The summed E-state index contributed by atoms with van der Waals surface area (Å²) in [6, 6.07) is 7.48. The van der Waals surface area contributed by atoms with Crippen LogP contribution in [0.1, 0.15) is 5.56 Å². The first kappa shape index (κ1) is 17.7. The molecule has 1 unspecified atom stereocenters. The van der Waals surface area contributed by atoms with Gasteiger partial charge in [-0.15, -0.1) is 0 Å². The number of hydrogen-bond acceptors (Lipinski definition) is 4. The largest absolute Gasteiger partial charge is 0.390 e. The number of rotatable bonds is 5. The van der Waals surface area contributed by atoms with Gasteiger partial charge in [-0.2, -0.15) is 0 Å². The Labute approximate surface area is 138 Å². The summed E-state index contributed by atoms with van der Waals surface area (Å²) in [5, 5.41) is 13.1. The molecule has 23 heavy (non-hydrogen) atoms. The van der Waals surface area contributed by atoms with Crippen LogP contribution >= 0.6 is 0 Å². The van der Waals surface area contributed by atoms with Gasteiger partial charge in [-0.3, -0.25) is 4.90 Å². The standard InChI is InChI=1S/C17H28N4O2/c1-14-5-4-6-15(11-14)18-17(23)20(3)12-16(22)13-21-9-7-19(2)8-10-21/h4-6,11,16,22H,7-10,12-13H2,1-3H3,(H,18,23). The topological polar surface area (TPSA) is 59.1 Å². The van der Waals surface area contributed by atoms with Gasteiger partial charge in [0.1, 0.15) is 0 Å². The Kier molecular flexibility index (Phi) is 6.38. The molecule has 0 aromatic heterocycles. The summed E-state index contributed by atoms with van der Waals surface area (Å²) < 4.78 is 0. The lowest BCUT2D eigenvalue weighted by Gasteiger charge is -2.34. The highest BCUT2D eigenvalue weighted by Gasteiger charge is 2.19. The zero-order chi connectivity index (χ0) is 16.8. The number of anilines is 1. The third-order valence-electron chi connectivity index (χ3n) is 4.17. The zero-order valence-corrected chi connectivity index (χ0v) is 14.3. The predicted octanol–water partition coefficient (Wildman–Crippen LogP) is 1.07. The lowest BCUT2D eigenvalue weighted by molar-refractivity contribution is 0.0670. The molecule has 0 aliphatic carbocycles. The van der Waals surface area contributed by atoms with Crippen LogP contribution in [-0.4, -0.2) is 85.3 Å². The van der Waals surface area contributed by atoms with Crippen molar-refractivity contribution in [1.29, 1.82) is 0 Å².